The van der Waals surface area contributed by atoms with Gasteiger partial charge in [0.25, 0.3) is 5.56 Å². The Balaban J connectivity index is 1.06. The molecule has 9 heteroatoms. The van der Waals surface area contributed by atoms with Crippen LogP contribution >= 0.6 is 0 Å². The molecule has 186 valence electrons. The summed E-state index contributed by atoms with van der Waals surface area (Å²) >= 11 is 0. The highest BCUT2D eigenvalue weighted by molar-refractivity contribution is 5.89. The summed E-state index contributed by atoms with van der Waals surface area (Å²) in [4.78, 5) is 29.6. The molecule has 0 N–H and O–H groups in total. The van der Waals surface area contributed by atoms with E-state index in [1.165, 1.54) is 6.07 Å². The van der Waals surface area contributed by atoms with Gasteiger partial charge < -0.3 is 18.8 Å². The van der Waals surface area contributed by atoms with E-state index in [0.29, 0.717) is 61.8 Å². The second-order valence-electron chi connectivity index (χ2n) is 10.0. The molecule has 0 bridgehead atoms. The van der Waals surface area contributed by atoms with Crippen LogP contribution in [0.3, 0.4) is 0 Å². The number of fused-ring (bicyclic) bond motifs is 2. The van der Waals surface area contributed by atoms with Gasteiger partial charge in [0.1, 0.15) is 25.1 Å². The van der Waals surface area contributed by atoms with Crippen LogP contribution in [0.25, 0.3) is 10.9 Å². The molecule has 7 rings (SSSR count). The number of anilines is 1. The van der Waals surface area contributed by atoms with Crippen molar-refractivity contribution in [1.29, 1.82) is 0 Å². The van der Waals surface area contributed by atoms with Gasteiger partial charge in [-0.05, 0) is 55.1 Å². The highest BCUT2D eigenvalue weighted by Crippen LogP contribution is 2.38. The van der Waals surface area contributed by atoms with Crippen molar-refractivity contribution in [2.24, 2.45) is 5.92 Å². The number of halogens is 1. The van der Waals surface area contributed by atoms with Crippen LogP contribution < -0.4 is 19.9 Å². The monoisotopic (exact) mass is 491 g/mol. The van der Waals surface area contributed by atoms with Crippen molar-refractivity contribution in [3.05, 3.63) is 64.2 Å². The van der Waals surface area contributed by atoms with Gasteiger partial charge in [-0.15, -0.1) is 0 Å². The van der Waals surface area contributed by atoms with Gasteiger partial charge in [0, 0.05) is 43.2 Å². The van der Waals surface area contributed by atoms with Crippen molar-refractivity contribution in [1.82, 2.24) is 9.47 Å². The Morgan fingerprint density at radius 3 is 2.69 bits per heavy atom. The average Bonchev–Trinajstić information content (AvgIpc) is 3.28. The molecule has 3 aromatic rings. The molecule has 2 aromatic carbocycles. The van der Waals surface area contributed by atoms with E-state index in [1.807, 2.05) is 18.2 Å². The number of nitrogens with zero attached hydrogens (tertiary/aromatic N) is 3. The van der Waals surface area contributed by atoms with Crippen LogP contribution in [0.4, 0.5) is 14.9 Å². The van der Waals surface area contributed by atoms with Crippen LogP contribution in [0.2, 0.25) is 0 Å². The first-order valence-electron chi connectivity index (χ1n) is 12.5. The Morgan fingerprint density at radius 2 is 1.81 bits per heavy atom. The van der Waals surface area contributed by atoms with Crippen LogP contribution in [0.1, 0.15) is 18.0 Å². The van der Waals surface area contributed by atoms with Crippen LogP contribution in [0, 0.1) is 11.7 Å². The second-order valence-corrected chi connectivity index (χ2v) is 10.0. The predicted octanol–water partition coefficient (Wildman–Crippen LogP) is 3.36. The minimum atomic E-state index is -0.369. The van der Waals surface area contributed by atoms with Crippen molar-refractivity contribution < 1.29 is 23.4 Å². The van der Waals surface area contributed by atoms with Crippen LogP contribution in [-0.4, -0.2) is 61.1 Å². The van der Waals surface area contributed by atoms with Crippen LogP contribution in [0.5, 0.6) is 11.5 Å². The summed E-state index contributed by atoms with van der Waals surface area (Å²) in [7, 11) is 0. The number of piperidine rings is 1. The summed E-state index contributed by atoms with van der Waals surface area (Å²) in [5, 5.41) is 0.882. The van der Waals surface area contributed by atoms with Gasteiger partial charge in [-0.1, -0.05) is 0 Å². The first-order valence-corrected chi connectivity index (χ1v) is 12.5. The number of likely N-dealkylation sites (tertiary alicyclic amines) is 1. The maximum atomic E-state index is 14.6. The van der Waals surface area contributed by atoms with Gasteiger partial charge >= 0.3 is 6.09 Å². The van der Waals surface area contributed by atoms with Gasteiger partial charge in [-0.25, -0.2) is 9.18 Å². The minimum absolute atomic E-state index is 0.106. The highest BCUT2D eigenvalue weighted by Gasteiger charge is 2.41. The summed E-state index contributed by atoms with van der Waals surface area (Å²) < 4.78 is 33.5. The van der Waals surface area contributed by atoms with E-state index in [1.54, 1.807) is 27.7 Å². The summed E-state index contributed by atoms with van der Waals surface area (Å²) in [6.45, 7) is 3.62. The zero-order valence-electron chi connectivity index (χ0n) is 19.7. The normalized spacial score (nSPS) is 25.1. The van der Waals surface area contributed by atoms with Gasteiger partial charge in [0.05, 0.1) is 17.2 Å². The number of hydrogen-bond acceptors (Lipinski definition) is 6. The minimum Gasteiger partial charge on any atom is -0.486 e. The largest absolute Gasteiger partial charge is 0.486 e. The molecule has 3 atom stereocenters. The standard InChI is InChI=1S/C27H26FN3O5/c28-21-4-1-16-2-6-25(32)31-19(11-20(21)26(16)31)14-29-8-7-17-13-30(27(33)36-24(17)15-29)18-3-5-22-23(12-18)35-10-9-34-22/h1-6,12,17,19,24H,7-11,13-15H2/t17-,19-,24+/m1/s1. The molecule has 0 unspecified atom stereocenters. The quantitative estimate of drug-likeness (QED) is 0.560. The van der Waals surface area contributed by atoms with Gasteiger partial charge in [0.15, 0.2) is 11.5 Å². The third kappa shape index (κ3) is 3.44. The summed E-state index contributed by atoms with van der Waals surface area (Å²) in [6.07, 6.45) is 0.774. The molecule has 0 spiro atoms. The third-order valence-corrected chi connectivity index (χ3v) is 7.92. The molecular formula is C27H26FN3O5. The number of amides is 1. The number of benzene rings is 2. The van der Waals surface area contributed by atoms with Gasteiger partial charge in [-0.2, -0.15) is 0 Å². The molecule has 2 fully saturated rings. The van der Waals surface area contributed by atoms with E-state index in [2.05, 4.69) is 4.90 Å². The lowest BCUT2D eigenvalue weighted by Crippen LogP contribution is -2.56. The first kappa shape index (κ1) is 21.7. The molecule has 0 saturated carbocycles. The van der Waals surface area contributed by atoms with Crippen LogP contribution in [0.15, 0.2) is 47.3 Å². The van der Waals surface area contributed by atoms with Crippen LogP contribution in [-0.2, 0) is 11.2 Å². The van der Waals surface area contributed by atoms with Crippen molar-refractivity contribution in [3.63, 3.8) is 0 Å². The molecule has 36 heavy (non-hydrogen) atoms. The molecule has 5 heterocycles. The van der Waals surface area contributed by atoms with Crippen molar-refractivity contribution in [2.45, 2.75) is 25.0 Å². The second kappa shape index (κ2) is 8.23. The molecule has 1 aromatic heterocycles. The molecule has 4 aliphatic heterocycles. The van der Waals surface area contributed by atoms with Gasteiger partial charge in [0.2, 0.25) is 0 Å². The lowest BCUT2D eigenvalue weighted by molar-refractivity contribution is -0.00997. The van der Waals surface area contributed by atoms with Crippen molar-refractivity contribution >= 4 is 22.7 Å². The number of hydrogen-bond donors (Lipinski definition) is 0. The third-order valence-electron chi connectivity index (χ3n) is 7.92. The topological polar surface area (TPSA) is 73.2 Å². The Labute approximate surface area is 206 Å². The number of ether oxygens (including phenoxy) is 3. The number of aromatic nitrogens is 1. The molecule has 1 amide bonds. The molecular weight excluding hydrogens is 465 g/mol. The lowest BCUT2D eigenvalue weighted by Gasteiger charge is -2.44. The van der Waals surface area contributed by atoms with E-state index < -0.39 is 0 Å². The SMILES string of the molecule is O=C1O[C@H]2CN(C[C@H]3Cc4c(F)ccc5ccc(=O)n3c45)CC[C@@H]2CN1c1ccc2c(c1)OCCO2. The Kier molecular flexibility index (Phi) is 4.95. The summed E-state index contributed by atoms with van der Waals surface area (Å²) in [5.74, 6) is 1.27. The van der Waals surface area contributed by atoms with Crippen molar-refractivity contribution in [2.75, 3.05) is 44.3 Å². The van der Waals surface area contributed by atoms with E-state index in [4.69, 9.17) is 14.2 Å². The average molecular weight is 492 g/mol. The van der Waals surface area contributed by atoms with Gasteiger partial charge in [-0.3, -0.25) is 14.6 Å². The fraction of sp³-hybridized carbons (Fsp3) is 0.407. The van der Waals surface area contributed by atoms with E-state index in [9.17, 15) is 14.0 Å². The Bertz CT molecular complexity index is 1440. The maximum absolute atomic E-state index is 14.6. The number of pyridine rings is 1. The first-order chi connectivity index (χ1) is 17.5. The molecule has 0 radical (unpaired) electrons. The number of carbonyl (C=O) groups is 1. The number of rotatable bonds is 3. The molecule has 0 aliphatic carbocycles. The molecule has 2 saturated heterocycles. The summed E-state index contributed by atoms with van der Waals surface area (Å²) in [5.41, 5.74) is 1.96. The van der Waals surface area contributed by atoms with E-state index in [-0.39, 0.29) is 35.5 Å². The maximum Gasteiger partial charge on any atom is 0.414 e. The van der Waals surface area contributed by atoms with E-state index >= 15 is 0 Å². The predicted molar refractivity (Wildman–Crippen MR) is 131 cm³/mol. The fourth-order valence-electron chi connectivity index (χ4n) is 6.18. The summed E-state index contributed by atoms with van der Waals surface area (Å²) in [6, 6.07) is 11.9. The Hall–Kier alpha value is -3.59. The zero-order chi connectivity index (χ0) is 24.4. The lowest BCUT2D eigenvalue weighted by atomic mass is 9.91. The fourth-order valence-corrected chi connectivity index (χ4v) is 6.18. The number of carbonyl (C=O) groups excluding carboxylic acids is 1. The zero-order valence-corrected chi connectivity index (χ0v) is 19.7. The molecule has 8 nitrogen and oxygen atoms in total. The highest BCUT2D eigenvalue weighted by atomic mass is 19.1. The van der Waals surface area contributed by atoms with Crippen molar-refractivity contribution in [3.8, 4) is 11.5 Å². The Morgan fingerprint density at radius 1 is 0.972 bits per heavy atom. The van der Waals surface area contributed by atoms with E-state index in [0.717, 1.165) is 24.0 Å². The smallest absolute Gasteiger partial charge is 0.414 e. The molecule has 4 aliphatic rings.